The minimum atomic E-state index is 0.0311. The molecule has 1 fully saturated rings. The van der Waals surface area contributed by atoms with E-state index in [0.29, 0.717) is 12.5 Å². The third kappa shape index (κ3) is 6.94. The second-order valence-electron chi connectivity index (χ2n) is 8.54. The summed E-state index contributed by atoms with van der Waals surface area (Å²) < 4.78 is 0. The van der Waals surface area contributed by atoms with E-state index in [2.05, 4.69) is 77.3 Å². The Morgan fingerprint density at radius 1 is 0.931 bits per heavy atom. The first-order chi connectivity index (χ1) is 14.0. The van der Waals surface area contributed by atoms with Gasteiger partial charge in [-0.1, -0.05) is 38.1 Å². The van der Waals surface area contributed by atoms with Gasteiger partial charge in [0.2, 0.25) is 5.91 Å². The van der Waals surface area contributed by atoms with Gasteiger partial charge < -0.3 is 5.32 Å². The predicted molar refractivity (Wildman–Crippen MR) is 117 cm³/mol. The van der Waals surface area contributed by atoms with E-state index in [0.717, 1.165) is 44.7 Å². The summed E-state index contributed by atoms with van der Waals surface area (Å²) in [7, 11) is 0. The minimum absolute atomic E-state index is 0.0311. The Morgan fingerprint density at radius 2 is 1.55 bits per heavy atom. The number of amides is 1. The van der Waals surface area contributed by atoms with Gasteiger partial charge in [-0.05, 0) is 48.1 Å². The molecule has 1 aliphatic heterocycles. The number of aromatic nitrogens is 1. The van der Waals surface area contributed by atoms with Crippen molar-refractivity contribution in [3.05, 3.63) is 65.5 Å². The monoisotopic (exact) mass is 394 g/mol. The van der Waals surface area contributed by atoms with Crippen molar-refractivity contribution in [3.8, 4) is 0 Å². The molecule has 1 aromatic heterocycles. The number of carbonyl (C=O) groups excluding carboxylic acids is 1. The smallest absolute Gasteiger partial charge is 0.234 e. The molecule has 1 saturated heterocycles. The van der Waals surface area contributed by atoms with Gasteiger partial charge in [-0.3, -0.25) is 19.6 Å². The topological polar surface area (TPSA) is 48.5 Å². The average molecular weight is 395 g/mol. The van der Waals surface area contributed by atoms with Crippen LogP contribution in [-0.2, 0) is 17.8 Å². The lowest BCUT2D eigenvalue weighted by Gasteiger charge is -2.34. The summed E-state index contributed by atoms with van der Waals surface area (Å²) in [6.07, 6.45) is 4.78. The molecular formula is C24H34N4O. The highest BCUT2D eigenvalue weighted by atomic mass is 16.2. The number of piperazine rings is 1. The third-order valence-electron chi connectivity index (χ3n) is 5.49. The zero-order chi connectivity index (χ0) is 20.6. The molecule has 1 unspecified atom stereocenters. The lowest BCUT2D eigenvalue weighted by Crippen LogP contribution is -2.49. The second-order valence-corrected chi connectivity index (χ2v) is 8.54. The number of carbonyl (C=O) groups is 1. The summed E-state index contributed by atoms with van der Waals surface area (Å²) in [5.74, 6) is 0.759. The summed E-state index contributed by atoms with van der Waals surface area (Å²) in [5, 5.41) is 3.15. The number of pyridine rings is 1. The van der Waals surface area contributed by atoms with Crippen molar-refractivity contribution in [1.29, 1.82) is 0 Å². The maximum Gasteiger partial charge on any atom is 0.234 e. The molecule has 1 aromatic carbocycles. The lowest BCUT2D eigenvalue weighted by molar-refractivity contribution is -0.123. The van der Waals surface area contributed by atoms with E-state index < -0.39 is 0 Å². The van der Waals surface area contributed by atoms with Gasteiger partial charge in [0.05, 0.1) is 12.6 Å². The van der Waals surface area contributed by atoms with Crippen molar-refractivity contribution in [1.82, 2.24) is 20.1 Å². The van der Waals surface area contributed by atoms with Crippen LogP contribution in [0.15, 0.2) is 48.8 Å². The van der Waals surface area contributed by atoms with Crippen LogP contribution in [0.5, 0.6) is 0 Å². The van der Waals surface area contributed by atoms with Crippen LogP contribution in [0, 0.1) is 5.92 Å². The minimum Gasteiger partial charge on any atom is -0.348 e. The second kappa shape index (κ2) is 10.5. The van der Waals surface area contributed by atoms with Gasteiger partial charge in [0.15, 0.2) is 0 Å². The third-order valence-corrected chi connectivity index (χ3v) is 5.49. The fourth-order valence-electron chi connectivity index (χ4n) is 3.84. The van der Waals surface area contributed by atoms with Crippen molar-refractivity contribution in [2.24, 2.45) is 5.92 Å². The molecule has 0 spiro atoms. The first-order valence-corrected chi connectivity index (χ1v) is 10.7. The molecule has 156 valence electrons. The number of nitrogens with one attached hydrogen (secondary N) is 1. The number of hydrogen-bond donors (Lipinski definition) is 1. The normalized spacial score (nSPS) is 16.7. The van der Waals surface area contributed by atoms with E-state index in [1.165, 1.54) is 11.1 Å². The summed E-state index contributed by atoms with van der Waals surface area (Å²) in [6.45, 7) is 11.8. The molecule has 1 aliphatic rings. The van der Waals surface area contributed by atoms with Crippen LogP contribution in [0.4, 0.5) is 0 Å². The summed E-state index contributed by atoms with van der Waals surface area (Å²) >= 11 is 0. The van der Waals surface area contributed by atoms with Gasteiger partial charge in [0.1, 0.15) is 0 Å². The molecule has 2 heterocycles. The molecule has 1 amide bonds. The Bertz CT molecular complexity index is 752. The van der Waals surface area contributed by atoms with Gasteiger partial charge in [0.25, 0.3) is 0 Å². The largest absolute Gasteiger partial charge is 0.348 e. The number of benzene rings is 1. The molecule has 0 aliphatic carbocycles. The molecule has 5 nitrogen and oxygen atoms in total. The first kappa shape index (κ1) is 21.5. The zero-order valence-electron chi connectivity index (χ0n) is 18.0. The van der Waals surface area contributed by atoms with Gasteiger partial charge in [-0.2, -0.15) is 0 Å². The molecule has 0 saturated carbocycles. The van der Waals surface area contributed by atoms with E-state index >= 15 is 0 Å². The molecule has 5 heteroatoms. The number of nitrogens with zero attached hydrogens (tertiary/aromatic N) is 3. The van der Waals surface area contributed by atoms with Gasteiger partial charge >= 0.3 is 0 Å². The van der Waals surface area contributed by atoms with Crippen LogP contribution < -0.4 is 5.32 Å². The summed E-state index contributed by atoms with van der Waals surface area (Å²) in [6, 6.07) is 12.8. The summed E-state index contributed by atoms with van der Waals surface area (Å²) in [4.78, 5) is 21.3. The van der Waals surface area contributed by atoms with Gasteiger partial charge in [0, 0.05) is 45.1 Å². The van der Waals surface area contributed by atoms with Crippen LogP contribution in [0.1, 0.15) is 43.5 Å². The molecule has 3 rings (SSSR count). The first-order valence-electron chi connectivity index (χ1n) is 10.7. The molecule has 1 N–H and O–H groups in total. The molecule has 0 bridgehead atoms. The van der Waals surface area contributed by atoms with Crippen molar-refractivity contribution in [2.45, 2.75) is 39.8 Å². The van der Waals surface area contributed by atoms with Gasteiger partial charge in [-0.25, -0.2) is 0 Å². The fraction of sp³-hybridized carbons (Fsp3) is 0.500. The van der Waals surface area contributed by atoms with Crippen LogP contribution in [0.3, 0.4) is 0 Å². The van der Waals surface area contributed by atoms with E-state index in [1.54, 1.807) is 0 Å². The van der Waals surface area contributed by atoms with E-state index in [9.17, 15) is 4.79 Å². The Labute approximate surface area is 175 Å². The fourth-order valence-corrected chi connectivity index (χ4v) is 3.84. The highest BCUT2D eigenvalue weighted by molar-refractivity contribution is 5.78. The lowest BCUT2D eigenvalue weighted by atomic mass is 10.00. The van der Waals surface area contributed by atoms with Crippen LogP contribution >= 0.6 is 0 Å². The highest BCUT2D eigenvalue weighted by Gasteiger charge is 2.20. The molecule has 29 heavy (non-hydrogen) atoms. The van der Waals surface area contributed by atoms with E-state index in [1.807, 2.05) is 12.4 Å². The molecule has 1 atom stereocenters. The maximum atomic E-state index is 12.5. The molecule has 0 radical (unpaired) electrons. The van der Waals surface area contributed by atoms with Crippen molar-refractivity contribution >= 4 is 5.91 Å². The quantitative estimate of drug-likeness (QED) is 0.747. The number of rotatable bonds is 8. The van der Waals surface area contributed by atoms with Crippen LogP contribution in [-0.4, -0.2) is 53.4 Å². The van der Waals surface area contributed by atoms with Crippen molar-refractivity contribution in [2.75, 3.05) is 32.7 Å². The molecule has 2 aromatic rings. The van der Waals surface area contributed by atoms with Crippen LogP contribution in [0.2, 0.25) is 0 Å². The van der Waals surface area contributed by atoms with Crippen molar-refractivity contribution < 1.29 is 4.79 Å². The Balaban J connectivity index is 1.40. The Hall–Kier alpha value is -2.24. The maximum absolute atomic E-state index is 12.5. The summed E-state index contributed by atoms with van der Waals surface area (Å²) in [5.41, 5.74) is 3.80. The molecular weight excluding hydrogens is 360 g/mol. The standard InChI is InChI=1S/C24H34N4O/c1-19(2)16-21-4-6-23(7-5-21)20(3)26-24(29)18-28-14-12-27(13-15-28)17-22-8-10-25-11-9-22/h4-11,19-20H,12-18H2,1-3H3,(H,26,29). The zero-order valence-corrected chi connectivity index (χ0v) is 18.0. The predicted octanol–water partition coefficient (Wildman–Crippen LogP) is 3.28. The van der Waals surface area contributed by atoms with E-state index in [4.69, 9.17) is 0 Å². The van der Waals surface area contributed by atoms with Crippen molar-refractivity contribution in [3.63, 3.8) is 0 Å². The van der Waals surface area contributed by atoms with E-state index in [-0.39, 0.29) is 11.9 Å². The number of hydrogen-bond acceptors (Lipinski definition) is 4. The average Bonchev–Trinajstić information content (AvgIpc) is 2.70. The Kier molecular flexibility index (Phi) is 7.78. The van der Waals surface area contributed by atoms with Crippen LogP contribution in [0.25, 0.3) is 0 Å². The van der Waals surface area contributed by atoms with Gasteiger partial charge in [-0.15, -0.1) is 0 Å². The SMILES string of the molecule is CC(C)Cc1ccc(C(C)NC(=O)CN2CCN(Cc3ccncc3)CC2)cc1. The highest BCUT2D eigenvalue weighted by Crippen LogP contribution is 2.16. The Morgan fingerprint density at radius 3 is 2.17 bits per heavy atom.